The number of hydrogen-bond acceptors (Lipinski definition) is 2. The van der Waals surface area contributed by atoms with Crippen LogP contribution in [-0.2, 0) is 0 Å². The second-order valence-electron chi connectivity index (χ2n) is 4.08. The predicted molar refractivity (Wildman–Crippen MR) is 63.7 cm³/mol. The van der Waals surface area contributed by atoms with E-state index in [-0.39, 0.29) is 0 Å². The van der Waals surface area contributed by atoms with Crippen molar-refractivity contribution in [2.45, 2.75) is 31.4 Å². The maximum atomic E-state index is 3.53. The van der Waals surface area contributed by atoms with Crippen LogP contribution in [0.4, 0.5) is 0 Å². The highest BCUT2D eigenvalue weighted by Gasteiger charge is 2.22. The number of nitrogens with one attached hydrogen (secondary N) is 1. The lowest BCUT2D eigenvalue weighted by Gasteiger charge is -2.11. The quantitative estimate of drug-likeness (QED) is 0.759. The topological polar surface area (TPSA) is 12.0 Å². The third kappa shape index (κ3) is 1.96. The molecule has 1 aromatic rings. The molecule has 1 nitrogen and oxygen atoms in total. The molecule has 76 valence electrons. The van der Waals surface area contributed by atoms with Crippen LogP contribution in [0.2, 0.25) is 0 Å². The van der Waals surface area contributed by atoms with Crippen molar-refractivity contribution in [3.8, 4) is 0 Å². The SMILES string of the molecule is Cc1ccc(C2NCC(C)S2)cc1C. The first-order chi connectivity index (χ1) is 6.66. The molecule has 0 aliphatic carbocycles. The van der Waals surface area contributed by atoms with Crippen molar-refractivity contribution in [1.29, 1.82) is 0 Å². The lowest BCUT2D eigenvalue weighted by molar-refractivity contribution is 0.717. The summed E-state index contributed by atoms with van der Waals surface area (Å²) in [6.07, 6.45) is 0. The summed E-state index contributed by atoms with van der Waals surface area (Å²) in [7, 11) is 0. The van der Waals surface area contributed by atoms with Crippen molar-refractivity contribution in [3.63, 3.8) is 0 Å². The van der Waals surface area contributed by atoms with Gasteiger partial charge in [0.15, 0.2) is 0 Å². The van der Waals surface area contributed by atoms with Gasteiger partial charge in [-0.05, 0) is 30.5 Å². The largest absolute Gasteiger partial charge is 0.301 e. The average Bonchev–Trinajstić information content (AvgIpc) is 2.57. The molecule has 2 heteroatoms. The Morgan fingerprint density at radius 1 is 1.29 bits per heavy atom. The van der Waals surface area contributed by atoms with Gasteiger partial charge in [-0.3, -0.25) is 0 Å². The minimum atomic E-state index is 0.504. The smallest absolute Gasteiger partial charge is 0.0793 e. The molecular formula is C12H17NS. The van der Waals surface area contributed by atoms with Crippen molar-refractivity contribution < 1.29 is 0 Å². The van der Waals surface area contributed by atoms with Crippen molar-refractivity contribution in [3.05, 3.63) is 34.9 Å². The first-order valence-electron chi connectivity index (χ1n) is 5.13. The van der Waals surface area contributed by atoms with Crippen LogP contribution >= 0.6 is 11.8 Å². The summed E-state index contributed by atoms with van der Waals surface area (Å²) in [5.74, 6) is 0. The first-order valence-corrected chi connectivity index (χ1v) is 6.07. The summed E-state index contributed by atoms with van der Waals surface area (Å²) in [6, 6.07) is 6.76. The fourth-order valence-corrected chi connectivity index (χ4v) is 2.88. The Hall–Kier alpha value is -0.470. The van der Waals surface area contributed by atoms with Gasteiger partial charge < -0.3 is 5.32 Å². The maximum absolute atomic E-state index is 3.53. The Kier molecular flexibility index (Phi) is 2.84. The van der Waals surface area contributed by atoms with Crippen LogP contribution in [0.15, 0.2) is 18.2 Å². The summed E-state index contributed by atoms with van der Waals surface area (Å²) in [4.78, 5) is 0. The van der Waals surface area contributed by atoms with Gasteiger partial charge in [-0.15, -0.1) is 11.8 Å². The van der Waals surface area contributed by atoms with Crippen LogP contribution in [0.5, 0.6) is 0 Å². The number of benzene rings is 1. The normalized spacial score (nSPS) is 26.8. The van der Waals surface area contributed by atoms with Crippen LogP contribution in [0.3, 0.4) is 0 Å². The fourth-order valence-electron chi connectivity index (χ4n) is 1.73. The standard InChI is InChI=1S/C12H17NS/c1-8-4-5-11(6-9(8)2)12-13-7-10(3)14-12/h4-6,10,12-13H,7H2,1-3H3. The summed E-state index contributed by atoms with van der Waals surface area (Å²) in [6.45, 7) is 7.75. The molecule has 1 N–H and O–H groups in total. The molecule has 0 radical (unpaired) electrons. The molecular weight excluding hydrogens is 190 g/mol. The predicted octanol–water partition coefficient (Wildman–Crippen LogP) is 3.03. The molecule has 1 aliphatic rings. The first kappa shape index (κ1) is 10.1. The summed E-state index contributed by atoms with van der Waals surface area (Å²) >= 11 is 2.02. The van der Waals surface area contributed by atoms with Crippen LogP contribution in [0.25, 0.3) is 0 Å². The van der Waals surface area contributed by atoms with Gasteiger partial charge in [0, 0.05) is 11.8 Å². The third-order valence-corrected chi connectivity index (χ3v) is 4.14. The van der Waals surface area contributed by atoms with Gasteiger partial charge in [0.25, 0.3) is 0 Å². The second kappa shape index (κ2) is 3.95. The molecule has 2 atom stereocenters. The molecule has 1 saturated heterocycles. The molecule has 14 heavy (non-hydrogen) atoms. The molecule has 2 rings (SSSR count). The van der Waals surface area contributed by atoms with Crippen LogP contribution in [0.1, 0.15) is 29.0 Å². The van der Waals surface area contributed by atoms with E-state index in [1.807, 2.05) is 11.8 Å². The number of thioether (sulfide) groups is 1. The van der Waals surface area contributed by atoms with Crippen molar-refractivity contribution in [2.75, 3.05) is 6.54 Å². The molecule has 0 saturated carbocycles. The van der Waals surface area contributed by atoms with Crippen LogP contribution < -0.4 is 5.32 Å². The van der Waals surface area contributed by atoms with Gasteiger partial charge in [-0.25, -0.2) is 0 Å². The van der Waals surface area contributed by atoms with Gasteiger partial charge in [0.05, 0.1) is 5.37 Å². The Morgan fingerprint density at radius 2 is 2.07 bits per heavy atom. The van der Waals surface area contributed by atoms with Gasteiger partial charge in [0.2, 0.25) is 0 Å². The summed E-state index contributed by atoms with van der Waals surface area (Å²) < 4.78 is 0. The zero-order valence-corrected chi connectivity index (χ0v) is 9.82. The Labute approximate surface area is 90.3 Å². The van der Waals surface area contributed by atoms with E-state index < -0.39 is 0 Å². The fraction of sp³-hybridized carbons (Fsp3) is 0.500. The van der Waals surface area contributed by atoms with E-state index >= 15 is 0 Å². The van der Waals surface area contributed by atoms with Crippen molar-refractivity contribution in [2.24, 2.45) is 0 Å². The van der Waals surface area contributed by atoms with E-state index in [4.69, 9.17) is 0 Å². The second-order valence-corrected chi connectivity index (χ2v) is 5.63. The van der Waals surface area contributed by atoms with Gasteiger partial charge >= 0.3 is 0 Å². The number of hydrogen-bond donors (Lipinski definition) is 1. The molecule has 0 amide bonds. The van der Waals surface area contributed by atoms with E-state index in [0.717, 1.165) is 11.8 Å². The van der Waals surface area contributed by atoms with Gasteiger partial charge in [0.1, 0.15) is 0 Å². The molecule has 1 aliphatic heterocycles. The highest BCUT2D eigenvalue weighted by molar-refractivity contribution is 8.00. The Balaban J connectivity index is 2.20. The zero-order chi connectivity index (χ0) is 10.1. The lowest BCUT2D eigenvalue weighted by Crippen LogP contribution is -2.13. The van der Waals surface area contributed by atoms with E-state index in [9.17, 15) is 0 Å². The zero-order valence-electron chi connectivity index (χ0n) is 9.00. The monoisotopic (exact) mass is 207 g/mol. The number of rotatable bonds is 1. The highest BCUT2D eigenvalue weighted by Crippen LogP contribution is 2.35. The van der Waals surface area contributed by atoms with Crippen LogP contribution in [0, 0.1) is 13.8 Å². The molecule has 0 aromatic heterocycles. The molecule has 1 aromatic carbocycles. The van der Waals surface area contributed by atoms with Crippen LogP contribution in [-0.4, -0.2) is 11.8 Å². The van der Waals surface area contributed by atoms with E-state index in [2.05, 4.69) is 44.3 Å². The van der Waals surface area contributed by atoms with Gasteiger partial charge in [-0.2, -0.15) is 0 Å². The minimum Gasteiger partial charge on any atom is -0.301 e. The minimum absolute atomic E-state index is 0.504. The third-order valence-electron chi connectivity index (χ3n) is 2.79. The average molecular weight is 207 g/mol. The van der Waals surface area contributed by atoms with Crippen molar-refractivity contribution in [1.82, 2.24) is 5.32 Å². The summed E-state index contributed by atoms with van der Waals surface area (Å²) in [5, 5.41) is 4.77. The van der Waals surface area contributed by atoms with Gasteiger partial charge in [-0.1, -0.05) is 25.1 Å². The van der Waals surface area contributed by atoms with E-state index in [1.165, 1.54) is 16.7 Å². The molecule has 0 bridgehead atoms. The molecule has 1 fully saturated rings. The van der Waals surface area contributed by atoms with Crippen molar-refractivity contribution >= 4 is 11.8 Å². The Bertz CT molecular complexity index is 335. The Morgan fingerprint density at radius 3 is 2.64 bits per heavy atom. The summed E-state index contributed by atoms with van der Waals surface area (Å²) in [5.41, 5.74) is 4.19. The lowest BCUT2D eigenvalue weighted by atomic mass is 10.1. The number of aryl methyl sites for hydroxylation is 2. The maximum Gasteiger partial charge on any atom is 0.0793 e. The highest BCUT2D eigenvalue weighted by atomic mass is 32.2. The van der Waals surface area contributed by atoms with E-state index in [1.54, 1.807) is 0 Å². The van der Waals surface area contributed by atoms with E-state index in [0.29, 0.717) is 5.37 Å². The molecule has 1 heterocycles. The molecule has 0 spiro atoms. The molecule has 2 unspecified atom stereocenters.